The maximum absolute atomic E-state index is 12.7. The Balaban J connectivity index is 1.30. The molecule has 0 unspecified atom stereocenters. The number of carbonyl (C=O) groups is 2. The van der Waals surface area contributed by atoms with Gasteiger partial charge in [0, 0.05) is 36.4 Å². The van der Waals surface area contributed by atoms with E-state index in [0.717, 1.165) is 52.7 Å². The van der Waals surface area contributed by atoms with Crippen LogP contribution in [0.1, 0.15) is 44.2 Å². The fourth-order valence-corrected chi connectivity index (χ4v) is 5.85. The highest BCUT2D eigenvalue weighted by atomic mass is 35.5. The third kappa shape index (κ3) is 4.57. The van der Waals surface area contributed by atoms with Crippen LogP contribution in [-0.4, -0.2) is 38.9 Å². The van der Waals surface area contributed by atoms with Gasteiger partial charge in [0.05, 0.1) is 10.8 Å². The van der Waals surface area contributed by atoms with Crippen molar-refractivity contribution >= 4 is 46.6 Å². The van der Waals surface area contributed by atoms with Gasteiger partial charge >= 0.3 is 0 Å². The zero-order valence-electron chi connectivity index (χ0n) is 19.0. The van der Waals surface area contributed by atoms with Crippen molar-refractivity contribution in [2.75, 3.05) is 22.5 Å². The van der Waals surface area contributed by atoms with Crippen LogP contribution in [0.5, 0.6) is 0 Å². The lowest BCUT2D eigenvalue weighted by Gasteiger charge is -2.17. The topological polar surface area (TPSA) is 80.1 Å². The van der Waals surface area contributed by atoms with Crippen LogP contribution in [0.2, 0.25) is 5.02 Å². The van der Waals surface area contributed by atoms with E-state index in [1.807, 2.05) is 42.5 Å². The van der Waals surface area contributed by atoms with Crippen LogP contribution in [0.3, 0.4) is 0 Å². The van der Waals surface area contributed by atoms with Crippen molar-refractivity contribution in [1.82, 2.24) is 14.8 Å². The van der Waals surface area contributed by atoms with E-state index in [1.54, 1.807) is 11.8 Å². The van der Waals surface area contributed by atoms with Gasteiger partial charge in [-0.2, -0.15) is 0 Å². The summed E-state index contributed by atoms with van der Waals surface area (Å²) in [6, 6.07) is 13.7. The molecule has 0 bridgehead atoms. The second kappa shape index (κ2) is 9.80. The molecule has 0 atom stereocenters. The molecule has 3 aromatic rings. The molecule has 1 aromatic heterocycles. The van der Waals surface area contributed by atoms with Crippen LogP contribution in [0.25, 0.3) is 11.4 Å². The van der Waals surface area contributed by atoms with Crippen LogP contribution < -0.4 is 10.2 Å². The summed E-state index contributed by atoms with van der Waals surface area (Å²) in [6.45, 7) is 2.26. The average molecular weight is 496 g/mol. The van der Waals surface area contributed by atoms with Crippen LogP contribution >= 0.6 is 23.4 Å². The maximum atomic E-state index is 12.7. The Bertz CT molecular complexity index is 1240. The number of amides is 2. The van der Waals surface area contributed by atoms with Crippen LogP contribution in [0.15, 0.2) is 47.6 Å². The zero-order valence-corrected chi connectivity index (χ0v) is 20.5. The van der Waals surface area contributed by atoms with Gasteiger partial charge < -0.3 is 10.2 Å². The highest BCUT2D eigenvalue weighted by Gasteiger charge is 2.26. The Morgan fingerprint density at radius 3 is 2.71 bits per heavy atom. The number of nitrogens with one attached hydrogen (secondary N) is 1. The van der Waals surface area contributed by atoms with Gasteiger partial charge in [0.25, 0.3) is 0 Å². The van der Waals surface area contributed by atoms with Crippen molar-refractivity contribution in [1.29, 1.82) is 0 Å². The number of thioether (sulfide) groups is 1. The summed E-state index contributed by atoms with van der Waals surface area (Å²) in [5.41, 5.74) is 3.60. The van der Waals surface area contributed by atoms with Gasteiger partial charge in [0.15, 0.2) is 11.0 Å². The molecule has 1 saturated carbocycles. The Morgan fingerprint density at radius 2 is 1.94 bits per heavy atom. The normalized spacial score (nSPS) is 15.5. The molecule has 2 heterocycles. The van der Waals surface area contributed by atoms with Crippen molar-refractivity contribution in [3.8, 4) is 11.4 Å². The number of nitrogens with zero attached hydrogens (tertiary/aromatic N) is 4. The fourth-order valence-electron chi connectivity index (χ4n) is 4.83. The molecule has 2 aromatic carbocycles. The van der Waals surface area contributed by atoms with Crippen LogP contribution in [0, 0.1) is 0 Å². The number of anilines is 2. The molecule has 1 aliphatic heterocycles. The first-order valence-electron chi connectivity index (χ1n) is 11.5. The second-order valence-electron chi connectivity index (χ2n) is 8.70. The van der Waals surface area contributed by atoms with Gasteiger partial charge in [0.2, 0.25) is 11.8 Å². The van der Waals surface area contributed by atoms with Gasteiger partial charge in [-0.25, -0.2) is 0 Å². The lowest BCUT2D eigenvalue weighted by Crippen LogP contribution is -2.25. The summed E-state index contributed by atoms with van der Waals surface area (Å²) >= 11 is 7.85. The summed E-state index contributed by atoms with van der Waals surface area (Å²) in [5, 5.41) is 13.2. The van der Waals surface area contributed by atoms with Gasteiger partial charge in [0.1, 0.15) is 0 Å². The highest BCUT2D eigenvalue weighted by Crippen LogP contribution is 2.38. The zero-order chi connectivity index (χ0) is 23.7. The van der Waals surface area contributed by atoms with E-state index in [-0.39, 0.29) is 17.6 Å². The van der Waals surface area contributed by atoms with Crippen molar-refractivity contribution in [2.45, 2.75) is 50.2 Å². The number of hydrogen-bond acceptors (Lipinski definition) is 5. The monoisotopic (exact) mass is 495 g/mol. The highest BCUT2D eigenvalue weighted by molar-refractivity contribution is 7.99. The molecule has 34 heavy (non-hydrogen) atoms. The van der Waals surface area contributed by atoms with E-state index in [9.17, 15) is 9.59 Å². The first-order chi connectivity index (χ1) is 16.5. The molecule has 176 valence electrons. The Hall–Kier alpha value is -2.84. The average Bonchev–Trinajstić information content (AvgIpc) is 3.56. The molecule has 5 rings (SSSR count). The number of fused-ring (bicyclic) bond motifs is 1. The molecule has 7 nitrogen and oxygen atoms in total. The first-order valence-corrected chi connectivity index (χ1v) is 12.9. The quantitative estimate of drug-likeness (QED) is 0.466. The SMILES string of the molecule is CC(=O)N1CCc2cc(NC(=O)CSc3nnc(-c4ccccc4Cl)n3C3CCCC3)ccc21. The fraction of sp³-hybridized carbons (Fsp3) is 0.360. The lowest BCUT2D eigenvalue weighted by atomic mass is 10.1. The molecule has 2 amide bonds. The number of hydrogen-bond donors (Lipinski definition) is 1. The predicted octanol–water partition coefficient (Wildman–Crippen LogP) is 5.35. The molecule has 0 radical (unpaired) electrons. The molecule has 0 saturated heterocycles. The summed E-state index contributed by atoms with van der Waals surface area (Å²) < 4.78 is 2.16. The van der Waals surface area contributed by atoms with Crippen molar-refractivity contribution in [3.63, 3.8) is 0 Å². The van der Waals surface area contributed by atoms with Crippen LogP contribution in [0.4, 0.5) is 11.4 Å². The molecular formula is C25H26ClN5O2S. The molecular weight excluding hydrogens is 470 g/mol. The summed E-state index contributed by atoms with van der Waals surface area (Å²) in [7, 11) is 0. The predicted molar refractivity (Wildman–Crippen MR) is 135 cm³/mol. The molecule has 1 N–H and O–H groups in total. The summed E-state index contributed by atoms with van der Waals surface area (Å²) in [5.74, 6) is 0.916. The number of rotatable bonds is 6. The number of benzene rings is 2. The van der Waals surface area contributed by atoms with E-state index in [0.29, 0.717) is 17.6 Å². The van der Waals surface area contributed by atoms with E-state index >= 15 is 0 Å². The van der Waals surface area contributed by atoms with Gasteiger partial charge in [-0.3, -0.25) is 14.2 Å². The van der Waals surface area contributed by atoms with E-state index in [1.165, 1.54) is 24.6 Å². The smallest absolute Gasteiger partial charge is 0.234 e. The van der Waals surface area contributed by atoms with Crippen molar-refractivity contribution < 1.29 is 9.59 Å². The minimum absolute atomic E-state index is 0.0365. The second-order valence-corrected chi connectivity index (χ2v) is 10.0. The minimum Gasteiger partial charge on any atom is -0.325 e. The molecule has 2 aliphatic rings. The van der Waals surface area contributed by atoms with Gasteiger partial charge in [-0.05, 0) is 55.2 Å². The lowest BCUT2D eigenvalue weighted by molar-refractivity contribution is -0.116. The summed E-state index contributed by atoms with van der Waals surface area (Å²) in [6.07, 6.45) is 5.29. The maximum Gasteiger partial charge on any atom is 0.234 e. The molecule has 9 heteroatoms. The van der Waals surface area contributed by atoms with E-state index < -0.39 is 0 Å². The van der Waals surface area contributed by atoms with Crippen molar-refractivity contribution in [2.24, 2.45) is 0 Å². The Labute approximate surface area is 207 Å². The van der Waals surface area contributed by atoms with Gasteiger partial charge in [-0.15, -0.1) is 10.2 Å². The Morgan fingerprint density at radius 1 is 1.15 bits per heavy atom. The van der Waals surface area contributed by atoms with E-state index in [4.69, 9.17) is 11.6 Å². The largest absolute Gasteiger partial charge is 0.325 e. The third-order valence-electron chi connectivity index (χ3n) is 6.44. The van der Waals surface area contributed by atoms with Crippen molar-refractivity contribution in [3.05, 3.63) is 53.1 Å². The Kier molecular flexibility index (Phi) is 6.61. The third-order valence-corrected chi connectivity index (χ3v) is 7.71. The van der Waals surface area contributed by atoms with Gasteiger partial charge in [-0.1, -0.05) is 48.3 Å². The number of carbonyl (C=O) groups excluding carboxylic acids is 2. The molecule has 0 spiro atoms. The first kappa shape index (κ1) is 22.9. The minimum atomic E-state index is -0.105. The van der Waals surface area contributed by atoms with Crippen LogP contribution in [-0.2, 0) is 16.0 Å². The van der Waals surface area contributed by atoms with E-state index in [2.05, 4.69) is 20.1 Å². The standard InChI is InChI=1S/C25H26ClN5O2S/c1-16(32)30-13-12-17-14-18(10-11-22(17)30)27-23(33)15-34-25-29-28-24(20-8-4-5-9-21(20)26)31(25)19-6-2-3-7-19/h4-5,8-11,14,19H,2-3,6-7,12-13,15H2,1H3,(H,27,33). The number of aromatic nitrogens is 3. The summed E-state index contributed by atoms with van der Waals surface area (Å²) in [4.78, 5) is 26.3. The number of halogens is 1. The molecule has 1 fully saturated rings. The molecule has 1 aliphatic carbocycles.